The van der Waals surface area contributed by atoms with E-state index in [1.165, 1.54) is 0 Å². The lowest BCUT2D eigenvalue weighted by Crippen LogP contribution is -2.47. The molecule has 0 spiro atoms. The van der Waals surface area contributed by atoms with Crippen LogP contribution in [-0.4, -0.2) is 34.4 Å². The normalized spacial score (nSPS) is 16.7. The molecule has 1 aromatic carbocycles. The number of benzene rings is 1. The Morgan fingerprint density at radius 2 is 2.00 bits per heavy atom. The van der Waals surface area contributed by atoms with Crippen LogP contribution in [0.3, 0.4) is 0 Å². The summed E-state index contributed by atoms with van der Waals surface area (Å²) in [6.07, 6.45) is 4.92. The number of aromatic nitrogens is 1. The topological polar surface area (TPSA) is 74.3 Å². The van der Waals surface area contributed by atoms with Gasteiger partial charge in [-0.3, -0.25) is 9.78 Å². The Balaban J connectivity index is 1.58. The highest BCUT2D eigenvalue weighted by molar-refractivity contribution is 5.94. The molecule has 2 heterocycles. The van der Waals surface area contributed by atoms with E-state index in [4.69, 9.17) is 0 Å². The van der Waals surface area contributed by atoms with Gasteiger partial charge in [-0.2, -0.15) is 0 Å². The summed E-state index contributed by atoms with van der Waals surface area (Å²) in [7, 11) is 0. The lowest BCUT2D eigenvalue weighted by atomic mass is 10.2. The second-order valence-corrected chi connectivity index (χ2v) is 5.73. The van der Waals surface area contributed by atoms with Crippen LogP contribution in [0.1, 0.15) is 18.4 Å². The lowest BCUT2D eigenvalue weighted by Gasteiger charge is -2.24. The van der Waals surface area contributed by atoms with Gasteiger partial charge in [0.2, 0.25) is 5.91 Å². The summed E-state index contributed by atoms with van der Waals surface area (Å²) >= 11 is 0. The highest BCUT2D eigenvalue weighted by atomic mass is 16.2. The molecule has 2 N–H and O–H groups in total. The molecule has 0 radical (unpaired) electrons. The van der Waals surface area contributed by atoms with Gasteiger partial charge in [0.15, 0.2) is 0 Å². The van der Waals surface area contributed by atoms with Crippen LogP contribution in [0.15, 0.2) is 54.9 Å². The molecule has 0 bridgehead atoms. The summed E-state index contributed by atoms with van der Waals surface area (Å²) in [6, 6.07) is 12.3. The van der Waals surface area contributed by atoms with Gasteiger partial charge in [0, 0.05) is 31.2 Å². The number of nitrogens with one attached hydrogen (secondary N) is 2. The standard InChI is InChI=1S/C18H20N4O2/c23-17(20-13-14-6-4-10-19-12-14)16-9-5-11-22(16)18(24)21-15-7-2-1-3-8-15/h1-4,6-8,10,12,16H,5,9,11,13H2,(H,20,23)(H,21,24)/t16-/m1/s1. The molecule has 1 aromatic heterocycles. The highest BCUT2D eigenvalue weighted by Gasteiger charge is 2.33. The number of carbonyl (C=O) groups excluding carboxylic acids is 2. The second-order valence-electron chi connectivity index (χ2n) is 5.73. The molecule has 3 amide bonds. The second kappa shape index (κ2) is 7.59. The van der Waals surface area contributed by atoms with E-state index >= 15 is 0 Å². The zero-order chi connectivity index (χ0) is 16.8. The Morgan fingerprint density at radius 3 is 2.75 bits per heavy atom. The molecule has 6 heteroatoms. The molecule has 6 nitrogen and oxygen atoms in total. The Bertz CT molecular complexity index is 691. The SMILES string of the molecule is O=C(NCc1cccnc1)[C@H]1CCCN1C(=O)Nc1ccccc1. The number of pyridine rings is 1. The van der Waals surface area contributed by atoms with E-state index in [1.54, 1.807) is 17.3 Å². The molecular weight excluding hydrogens is 304 g/mol. The average molecular weight is 324 g/mol. The van der Waals surface area contributed by atoms with E-state index in [1.807, 2.05) is 42.5 Å². The summed E-state index contributed by atoms with van der Waals surface area (Å²) in [4.78, 5) is 30.5. The number of urea groups is 1. The average Bonchev–Trinajstić information content (AvgIpc) is 3.11. The lowest BCUT2D eigenvalue weighted by molar-refractivity contribution is -0.124. The Kier molecular flexibility index (Phi) is 5.05. The number of amides is 3. The highest BCUT2D eigenvalue weighted by Crippen LogP contribution is 2.19. The number of rotatable bonds is 4. The van der Waals surface area contributed by atoms with Crippen molar-refractivity contribution in [1.29, 1.82) is 0 Å². The van der Waals surface area contributed by atoms with Gasteiger partial charge in [-0.05, 0) is 36.6 Å². The van der Waals surface area contributed by atoms with Crippen LogP contribution in [0.25, 0.3) is 0 Å². The minimum Gasteiger partial charge on any atom is -0.350 e. The first-order valence-corrected chi connectivity index (χ1v) is 8.03. The molecule has 24 heavy (non-hydrogen) atoms. The quantitative estimate of drug-likeness (QED) is 0.907. The zero-order valence-electron chi connectivity index (χ0n) is 13.3. The minimum atomic E-state index is -0.426. The van der Waals surface area contributed by atoms with Crippen molar-refractivity contribution in [1.82, 2.24) is 15.2 Å². The molecule has 124 valence electrons. The van der Waals surface area contributed by atoms with E-state index in [9.17, 15) is 9.59 Å². The van der Waals surface area contributed by atoms with Crippen LogP contribution in [0.4, 0.5) is 10.5 Å². The number of likely N-dealkylation sites (tertiary alicyclic amines) is 1. The van der Waals surface area contributed by atoms with Gasteiger partial charge in [0.05, 0.1) is 0 Å². The predicted molar refractivity (Wildman–Crippen MR) is 91.3 cm³/mol. The Morgan fingerprint density at radius 1 is 1.17 bits per heavy atom. The number of hydrogen-bond acceptors (Lipinski definition) is 3. The van der Waals surface area contributed by atoms with Crippen LogP contribution in [-0.2, 0) is 11.3 Å². The fourth-order valence-corrected chi connectivity index (χ4v) is 2.81. The van der Waals surface area contributed by atoms with Crippen LogP contribution in [0, 0.1) is 0 Å². The molecular formula is C18H20N4O2. The van der Waals surface area contributed by atoms with Crippen molar-refractivity contribution in [3.05, 3.63) is 60.4 Å². The van der Waals surface area contributed by atoms with Gasteiger partial charge >= 0.3 is 6.03 Å². The number of carbonyl (C=O) groups is 2. The molecule has 1 aliphatic rings. The molecule has 0 aliphatic carbocycles. The number of nitrogens with zero attached hydrogens (tertiary/aromatic N) is 2. The summed E-state index contributed by atoms with van der Waals surface area (Å²) < 4.78 is 0. The van der Waals surface area contributed by atoms with Crippen molar-refractivity contribution in [2.75, 3.05) is 11.9 Å². The summed E-state index contributed by atoms with van der Waals surface area (Å²) in [6.45, 7) is 1.00. The maximum absolute atomic E-state index is 12.4. The van der Waals surface area contributed by atoms with Crippen molar-refractivity contribution < 1.29 is 9.59 Å². The number of anilines is 1. The Labute approximate surface area is 140 Å². The molecule has 0 unspecified atom stereocenters. The van der Waals surface area contributed by atoms with Crippen molar-refractivity contribution >= 4 is 17.6 Å². The molecule has 1 atom stereocenters. The fraction of sp³-hybridized carbons (Fsp3) is 0.278. The van der Waals surface area contributed by atoms with E-state index in [2.05, 4.69) is 15.6 Å². The van der Waals surface area contributed by atoms with Crippen LogP contribution < -0.4 is 10.6 Å². The fourth-order valence-electron chi connectivity index (χ4n) is 2.81. The van der Waals surface area contributed by atoms with Gasteiger partial charge < -0.3 is 15.5 Å². The van der Waals surface area contributed by atoms with Crippen LogP contribution in [0.5, 0.6) is 0 Å². The largest absolute Gasteiger partial charge is 0.350 e. The monoisotopic (exact) mass is 324 g/mol. The number of para-hydroxylation sites is 1. The molecule has 3 rings (SSSR count). The van der Waals surface area contributed by atoms with E-state index in [0.717, 1.165) is 17.7 Å². The minimum absolute atomic E-state index is 0.125. The van der Waals surface area contributed by atoms with Crippen molar-refractivity contribution in [2.24, 2.45) is 0 Å². The van der Waals surface area contributed by atoms with E-state index in [0.29, 0.717) is 19.5 Å². The first-order valence-electron chi connectivity index (χ1n) is 8.03. The first-order chi connectivity index (χ1) is 11.7. The Hall–Kier alpha value is -2.89. The smallest absolute Gasteiger partial charge is 0.322 e. The third kappa shape index (κ3) is 3.90. The molecule has 1 fully saturated rings. The van der Waals surface area contributed by atoms with Crippen molar-refractivity contribution in [3.63, 3.8) is 0 Å². The predicted octanol–water partition coefficient (Wildman–Crippen LogP) is 2.39. The van der Waals surface area contributed by atoms with E-state index < -0.39 is 6.04 Å². The summed E-state index contributed by atoms with van der Waals surface area (Å²) in [5.41, 5.74) is 1.66. The van der Waals surface area contributed by atoms with Crippen LogP contribution >= 0.6 is 0 Å². The maximum Gasteiger partial charge on any atom is 0.322 e. The van der Waals surface area contributed by atoms with Gasteiger partial charge in [-0.15, -0.1) is 0 Å². The van der Waals surface area contributed by atoms with Crippen LogP contribution in [0.2, 0.25) is 0 Å². The molecule has 1 saturated heterocycles. The van der Waals surface area contributed by atoms with Crippen molar-refractivity contribution in [3.8, 4) is 0 Å². The molecule has 2 aromatic rings. The van der Waals surface area contributed by atoms with Crippen molar-refractivity contribution in [2.45, 2.75) is 25.4 Å². The zero-order valence-corrected chi connectivity index (χ0v) is 13.3. The maximum atomic E-state index is 12.4. The molecule has 1 aliphatic heterocycles. The first kappa shape index (κ1) is 16.0. The summed E-state index contributed by atoms with van der Waals surface area (Å²) in [5, 5.41) is 5.73. The number of hydrogen-bond donors (Lipinski definition) is 2. The molecule has 0 saturated carbocycles. The van der Waals surface area contributed by atoms with Gasteiger partial charge in [0.25, 0.3) is 0 Å². The van der Waals surface area contributed by atoms with Gasteiger partial charge in [-0.1, -0.05) is 24.3 Å². The van der Waals surface area contributed by atoms with E-state index in [-0.39, 0.29) is 11.9 Å². The summed E-state index contributed by atoms with van der Waals surface area (Å²) in [5.74, 6) is -0.125. The third-order valence-corrected chi connectivity index (χ3v) is 4.03. The van der Waals surface area contributed by atoms with Gasteiger partial charge in [0.1, 0.15) is 6.04 Å². The third-order valence-electron chi connectivity index (χ3n) is 4.03. The van der Waals surface area contributed by atoms with Gasteiger partial charge in [-0.25, -0.2) is 4.79 Å².